The lowest BCUT2D eigenvalue weighted by Gasteiger charge is -2.23. The highest BCUT2D eigenvalue weighted by molar-refractivity contribution is 5.92. The van der Waals surface area contributed by atoms with E-state index < -0.39 is 0 Å². The molecule has 3 N–H and O–H groups in total. The summed E-state index contributed by atoms with van der Waals surface area (Å²) in [5.74, 6) is 0.362. The molecule has 1 unspecified atom stereocenters. The van der Waals surface area contributed by atoms with E-state index in [0.29, 0.717) is 25.2 Å². The molecule has 7 heteroatoms. The first kappa shape index (κ1) is 12.3. The van der Waals surface area contributed by atoms with Crippen molar-refractivity contribution in [2.24, 2.45) is 0 Å². The molecule has 1 aromatic heterocycles. The van der Waals surface area contributed by atoms with E-state index in [1.54, 1.807) is 19.2 Å². The number of aromatic nitrogens is 2. The maximum absolute atomic E-state index is 11.8. The average molecular weight is 249 g/mol. The number of hydrogen-bond acceptors (Lipinski definition) is 5. The smallest absolute Gasteiger partial charge is 0.272 e. The van der Waals surface area contributed by atoms with Gasteiger partial charge in [-0.1, -0.05) is 0 Å². The van der Waals surface area contributed by atoms with E-state index in [-0.39, 0.29) is 23.6 Å². The van der Waals surface area contributed by atoms with Crippen LogP contribution in [0.15, 0.2) is 12.1 Å². The van der Waals surface area contributed by atoms with Gasteiger partial charge in [-0.05, 0) is 18.6 Å². The normalized spacial score (nSPS) is 18.9. The minimum absolute atomic E-state index is 0.0265. The molecule has 18 heavy (non-hydrogen) atoms. The molecule has 0 saturated carbocycles. The van der Waals surface area contributed by atoms with Gasteiger partial charge in [-0.2, -0.15) is 0 Å². The van der Waals surface area contributed by atoms with E-state index in [0.717, 1.165) is 0 Å². The fourth-order valence-corrected chi connectivity index (χ4v) is 1.70. The van der Waals surface area contributed by atoms with Gasteiger partial charge in [0.15, 0.2) is 5.69 Å². The van der Waals surface area contributed by atoms with Crippen LogP contribution in [0.5, 0.6) is 0 Å². The van der Waals surface area contributed by atoms with Gasteiger partial charge in [0.2, 0.25) is 5.91 Å². The highest BCUT2D eigenvalue weighted by Crippen LogP contribution is 2.05. The molecule has 0 radical (unpaired) electrons. The first-order valence-corrected chi connectivity index (χ1v) is 5.78. The number of carbonyl (C=O) groups is 2. The number of nitrogens with zero attached hydrogens (tertiary/aromatic N) is 2. The molecule has 2 rings (SSSR count). The third-order valence-corrected chi connectivity index (χ3v) is 2.75. The Kier molecular flexibility index (Phi) is 3.71. The molecule has 1 atom stereocenters. The molecule has 2 heterocycles. The third kappa shape index (κ3) is 2.93. The lowest BCUT2D eigenvalue weighted by molar-refractivity contribution is -0.122. The summed E-state index contributed by atoms with van der Waals surface area (Å²) in [5.41, 5.74) is 0.269. The molecule has 0 aliphatic carbocycles. The number of nitrogens with one attached hydrogen (secondary N) is 3. The Morgan fingerprint density at radius 1 is 1.44 bits per heavy atom. The van der Waals surface area contributed by atoms with E-state index in [4.69, 9.17) is 0 Å². The second kappa shape index (κ2) is 5.44. The van der Waals surface area contributed by atoms with E-state index in [1.165, 1.54) is 0 Å². The quantitative estimate of drug-likeness (QED) is 0.673. The van der Waals surface area contributed by atoms with Gasteiger partial charge >= 0.3 is 0 Å². The van der Waals surface area contributed by atoms with Gasteiger partial charge in [0, 0.05) is 26.1 Å². The largest absolute Gasteiger partial charge is 0.372 e. The summed E-state index contributed by atoms with van der Waals surface area (Å²) in [4.78, 5) is 22.8. The van der Waals surface area contributed by atoms with Gasteiger partial charge in [-0.25, -0.2) is 0 Å². The van der Waals surface area contributed by atoms with E-state index >= 15 is 0 Å². The zero-order valence-corrected chi connectivity index (χ0v) is 10.1. The van der Waals surface area contributed by atoms with Gasteiger partial charge in [0.25, 0.3) is 5.91 Å². The Labute approximate surface area is 104 Å². The van der Waals surface area contributed by atoms with Crippen LogP contribution < -0.4 is 16.0 Å². The zero-order chi connectivity index (χ0) is 13.0. The van der Waals surface area contributed by atoms with Gasteiger partial charge in [0.1, 0.15) is 5.82 Å². The van der Waals surface area contributed by atoms with Crippen molar-refractivity contribution in [1.29, 1.82) is 0 Å². The van der Waals surface area contributed by atoms with E-state index in [1.807, 2.05) is 0 Å². The average Bonchev–Trinajstić information content (AvgIpc) is 2.41. The number of amides is 2. The minimum Gasteiger partial charge on any atom is -0.372 e. The van der Waals surface area contributed by atoms with Crippen molar-refractivity contribution < 1.29 is 9.59 Å². The summed E-state index contributed by atoms with van der Waals surface area (Å²) in [6.07, 6.45) is 1.09. The van der Waals surface area contributed by atoms with Crippen molar-refractivity contribution in [3.63, 3.8) is 0 Å². The summed E-state index contributed by atoms with van der Waals surface area (Å²) >= 11 is 0. The van der Waals surface area contributed by atoms with Crippen molar-refractivity contribution in [2.45, 2.75) is 18.9 Å². The number of anilines is 1. The molecule has 2 amide bonds. The van der Waals surface area contributed by atoms with Crippen LogP contribution in [0.4, 0.5) is 5.82 Å². The Bertz CT molecular complexity index is 435. The van der Waals surface area contributed by atoms with Crippen molar-refractivity contribution >= 4 is 17.6 Å². The van der Waals surface area contributed by atoms with Crippen LogP contribution in [0.1, 0.15) is 23.3 Å². The number of piperidine rings is 1. The molecule has 0 bridgehead atoms. The van der Waals surface area contributed by atoms with Crippen molar-refractivity contribution in [3.8, 4) is 0 Å². The zero-order valence-electron chi connectivity index (χ0n) is 10.1. The Morgan fingerprint density at radius 3 is 2.83 bits per heavy atom. The predicted molar refractivity (Wildman–Crippen MR) is 65.1 cm³/mol. The summed E-state index contributed by atoms with van der Waals surface area (Å²) in [6.45, 7) is 0.465. The van der Waals surface area contributed by atoms with Crippen LogP contribution in [-0.4, -0.2) is 41.6 Å². The molecule has 1 saturated heterocycles. The number of carbonyl (C=O) groups excluding carboxylic acids is 2. The van der Waals surface area contributed by atoms with Crippen LogP contribution in [-0.2, 0) is 4.79 Å². The summed E-state index contributed by atoms with van der Waals surface area (Å²) in [5, 5.41) is 16.0. The molecule has 0 spiro atoms. The van der Waals surface area contributed by atoms with Crippen LogP contribution in [0, 0.1) is 0 Å². The second-order valence-electron chi connectivity index (χ2n) is 4.07. The summed E-state index contributed by atoms with van der Waals surface area (Å²) < 4.78 is 0. The maximum atomic E-state index is 11.8. The molecular weight excluding hydrogens is 234 g/mol. The lowest BCUT2D eigenvalue weighted by atomic mass is 10.1. The van der Waals surface area contributed by atoms with Crippen LogP contribution in [0.2, 0.25) is 0 Å². The van der Waals surface area contributed by atoms with E-state index in [2.05, 4.69) is 26.1 Å². The molecule has 1 aliphatic rings. The standard InChI is InChI=1S/C11H15N5O2/c1-12-9-4-3-8(15-16-9)11(18)14-7-2-5-10(17)13-6-7/h3-4,7H,2,5-6H2,1H3,(H,12,16)(H,13,17)(H,14,18). The second-order valence-corrected chi connectivity index (χ2v) is 4.07. The van der Waals surface area contributed by atoms with Crippen molar-refractivity contribution in [1.82, 2.24) is 20.8 Å². The molecule has 96 valence electrons. The lowest BCUT2D eigenvalue weighted by Crippen LogP contribution is -2.47. The minimum atomic E-state index is -0.272. The Hall–Kier alpha value is -2.18. The summed E-state index contributed by atoms with van der Waals surface area (Å²) in [6, 6.07) is 3.25. The first-order valence-electron chi connectivity index (χ1n) is 5.78. The first-order chi connectivity index (χ1) is 8.69. The topological polar surface area (TPSA) is 96.0 Å². The molecule has 1 aliphatic heterocycles. The fourth-order valence-electron chi connectivity index (χ4n) is 1.70. The highest BCUT2D eigenvalue weighted by Gasteiger charge is 2.20. The Morgan fingerprint density at radius 2 is 2.28 bits per heavy atom. The molecule has 1 fully saturated rings. The fraction of sp³-hybridized carbons (Fsp3) is 0.455. The van der Waals surface area contributed by atoms with Crippen LogP contribution in [0.25, 0.3) is 0 Å². The predicted octanol–water partition coefficient (Wildman–Crippen LogP) is -0.473. The van der Waals surface area contributed by atoms with Gasteiger partial charge in [-0.15, -0.1) is 10.2 Å². The van der Waals surface area contributed by atoms with Gasteiger partial charge in [-0.3, -0.25) is 9.59 Å². The summed E-state index contributed by atoms with van der Waals surface area (Å²) in [7, 11) is 1.73. The SMILES string of the molecule is CNc1ccc(C(=O)NC2CCC(=O)NC2)nn1. The number of rotatable bonds is 3. The molecule has 7 nitrogen and oxygen atoms in total. The van der Waals surface area contributed by atoms with Crippen molar-refractivity contribution in [2.75, 3.05) is 18.9 Å². The third-order valence-electron chi connectivity index (χ3n) is 2.75. The highest BCUT2D eigenvalue weighted by atomic mass is 16.2. The molecule has 0 aromatic carbocycles. The van der Waals surface area contributed by atoms with Gasteiger partial charge in [0.05, 0.1) is 0 Å². The molecular formula is C11H15N5O2. The van der Waals surface area contributed by atoms with Crippen molar-refractivity contribution in [3.05, 3.63) is 17.8 Å². The van der Waals surface area contributed by atoms with E-state index in [9.17, 15) is 9.59 Å². The molecule has 1 aromatic rings. The van der Waals surface area contributed by atoms with Crippen LogP contribution in [0.3, 0.4) is 0 Å². The van der Waals surface area contributed by atoms with Gasteiger partial charge < -0.3 is 16.0 Å². The monoisotopic (exact) mass is 249 g/mol. The number of hydrogen-bond donors (Lipinski definition) is 3. The van der Waals surface area contributed by atoms with Crippen LogP contribution >= 0.6 is 0 Å². The maximum Gasteiger partial charge on any atom is 0.272 e. The Balaban J connectivity index is 1.92.